The lowest BCUT2D eigenvalue weighted by Gasteiger charge is -2.19. The molecule has 0 spiro atoms. The molecule has 0 aliphatic heterocycles. The average molecular weight is 1930 g/mol. The van der Waals surface area contributed by atoms with E-state index >= 15 is 0 Å². The van der Waals surface area contributed by atoms with Gasteiger partial charge in [-0.2, -0.15) is 0 Å². The van der Waals surface area contributed by atoms with Crippen LogP contribution in [0.3, 0.4) is 0 Å². The van der Waals surface area contributed by atoms with Gasteiger partial charge < -0.3 is 0 Å². The Morgan fingerprint density at radius 1 is 0.135 bits per heavy atom. The van der Waals surface area contributed by atoms with Gasteiger partial charge in [-0.1, -0.05) is 425 Å². The number of nitrogens with zero attached hydrogens (tertiary/aromatic N) is 19. The van der Waals surface area contributed by atoms with Crippen LogP contribution in [0.15, 0.2) is 426 Å². The molecule has 19 heteroatoms. The van der Waals surface area contributed by atoms with Crippen LogP contribution in [0.25, 0.3) is 191 Å². The van der Waals surface area contributed by atoms with Gasteiger partial charge in [0.15, 0.2) is 58.2 Å². The predicted molar refractivity (Wildman–Crippen MR) is 600 cm³/mol. The first-order chi connectivity index (χ1) is 71.5. The Labute approximate surface area is 865 Å². The molecular formula is C129H115N19. The van der Waals surface area contributed by atoms with E-state index in [1.165, 1.54) is 60.7 Å². The van der Waals surface area contributed by atoms with E-state index in [0.717, 1.165) is 101 Å². The number of rotatable bonds is 15. The Kier molecular flexibility index (Phi) is 30.1. The maximum absolute atomic E-state index is 4.95. The van der Waals surface area contributed by atoms with Crippen LogP contribution in [-0.4, -0.2) is 94.7 Å². The zero-order valence-electron chi connectivity index (χ0n) is 85.9. The molecule has 0 N–H and O–H groups in total. The zero-order chi connectivity index (χ0) is 103. The molecule has 13 aromatic carbocycles. The molecule has 22 rings (SSSR count). The number of pyridine rings is 4. The van der Waals surface area contributed by atoms with Crippen LogP contribution >= 0.6 is 0 Å². The molecule has 0 aliphatic carbocycles. The lowest BCUT2D eigenvalue weighted by Crippen LogP contribution is -2.18. The highest BCUT2D eigenvalue weighted by Gasteiger charge is 2.29. The summed E-state index contributed by atoms with van der Waals surface area (Å²) in [4.78, 5) is 88.6. The molecule has 9 aromatic heterocycles. The van der Waals surface area contributed by atoms with Gasteiger partial charge in [-0.3, -0.25) is 19.9 Å². The molecule has 0 unspecified atom stereocenters. The summed E-state index contributed by atoms with van der Waals surface area (Å²) in [7, 11) is 0. The van der Waals surface area contributed by atoms with Crippen LogP contribution in [0.2, 0.25) is 0 Å². The second kappa shape index (κ2) is 44.5. The summed E-state index contributed by atoms with van der Waals surface area (Å²) in [5.41, 5.74) is 20.2. The Morgan fingerprint density at radius 3 is 0.601 bits per heavy atom. The van der Waals surface area contributed by atoms with Crippen LogP contribution < -0.4 is 0 Å². The highest BCUT2D eigenvalue weighted by Crippen LogP contribution is 2.40. The molecule has 0 bridgehead atoms. The molecule has 19 nitrogen and oxygen atoms in total. The largest absolute Gasteiger partial charge is 0.264 e. The molecule has 0 aliphatic rings. The maximum atomic E-state index is 4.95. The van der Waals surface area contributed by atoms with Gasteiger partial charge in [0.25, 0.3) is 0 Å². The molecule has 726 valence electrons. The first-order valence-corrected chi connectivity index (χ1v) is 49.6. The Hall–Kier alpha value is -18.0. The number of fused-ring (bicyclic) bond motifs is 3. The summed E-state index contributed by atoms with van der Waals surface area (Å²) >= 11 is 0. The molecule has 148 heavy (non-hydrogen) atoms. The van der Waals surface area contributed by atoms with Crippen molar-refractivity contribution in [2.75, 3.05) is 0 Å². The Balaban J connectivity index is 0.000000122. The van der Waals surface area contributed by atoms with E-state index < -0.39 is 0 Å². The lowest BCUT2D eigenvalue weighted by atomic mass is 9.94. The normalized spacial score (nSPS) is 11.5. The van der Waals surface area contributed by atoms with Gasteiger partial charge in [0.05, 0.1) is 0 Å². The van der Waals surface area contributed by atoms with E-state index in [0.29, 0.717) is 58.2 Å². The van der Waals surface area contributed by atoms with Crippen molar-refractivity contribution in [2.24, 2.45) is 0 Å². The fourth-order valence-electron chi connectivity index (χ4n) is 16.4. The van der Waals surface area contributed by atoms with E-state index in [4.69, 9.17) is 59.8 Å². The quantitative estimate of drug-likeness (QED) is 0.0866. The van der Waals surface area contributed by atoms with E-state index in [9.17, 15) is 0 Å². The zero-order valence-corrected chi connectivity index (χ0v) is 85.9. The van der Waals surface area contributed by atoms with Crippen LogP contribution in [0, 0.1) is 0 Å². The van der Waals surface area contributed by atoms with Crippen molar-refractivity contribution >= 4 is 21.5 Å². The minimum absolute atomic E-state index is 0.170. The summed E-state index contributed by atoms with van der Waals surface area (Å²) < 4.78 is 0. The molecule has 0 atom stereocenters. The SMILES string of the molecule is CC(C)(C)c1nc(-c2ccc(-c3ccccc3)cc2)nc(-c2ccc(-c3ccccc3)cc2)n1.CC(C)(C)c1nc(-c2ccc(-c3ccccc3)cc2)nc(-c2ccccc2-c2ccccc2)n1.CC(C)(C)c1nc(-c2ccc(-c3ccccc3)cc2)nc(-c2cccnc2)n1.CC(C)(C)c1nc(-c2cccnc2)nc(-c2cc3ccccc3c3ccccc23)n1.CC(C)(C)c1nc(-c2cccnc2)nc(-c2cccnc2)n1. The third kappa shape index (κ3) is 24.7. The smallest absolute Gasteiger partial charge is 0.165 e. The molecule has 22 aromatic rings. The molecule has 9 heterocycles. The standard InChI is InChI=1S/2C31H27N3.C26H22N4.C24H22N4.C17H17N5/c1-31(2,3)30-33-28(25-20-18-23(19-21-25)22-12-6-4-7-13-22)32-29(34-30)27-17-11-10-16-26(27)24-14-8-5-9-15-24;1-31(2,3)30-33-28(26-18-14-24(15-19-26)22-10-6-4-7-11-22)32-29(34-30)27-20-16-25(17-21-27)23-12-8-5-9-13-23;1-26(2,3)25-29-23(18-10-8-14-27-16-18)28-24(30-25)22-15-17-9-4-5-11-19(17)20-12-6-7-13-21(20)22;1-24(2,3)23-27-21(26-22(28-23)20-10-7-15-25-16-20)19-13-11-18(12-14-19)17-8-5-4-6-9-17;1-17(2,3)16-21-14(12-6-4-8-18-10-12)20-15(22-16)13-7-5-9-19-11-13/h2*4-21H,1-3H3;4-16H,1-3H3;4-16H,1-3H3;4-11H,1-3H3. The van der Waals surface area contributed by atoms with Gasteiger partial charge in [0.2, 0.25) is 0 Å². The van der Waals surface area contributed by atoms with Crippen LogP contribution in [-0.2, 0) is 27.1 Å². The van der Waals surface area contributed by atoms with Crippen molar-refractivity contribution in [3.63, 3.8) is 0 Å². The Bertz CT molecular complexity index is 8080. The van der Waals surface area contributed by atoms with Gasteiger partial charge in [0.1, 0.15) is 29.1 Å². The van der Waals surface area contributed by atoms with Crippen molar-refractivity contribution in [1.29, 1.82) is 0 Å². The number of benzene rings is 13. The molecule has 0 fully saturated rings. The van der Waals surface area contributed by atoms with E-state index in [-0.39, 0.29) is 27.1 Å². The van der Waals surface area contributed by atoms with Crippen molar-refractivity contribution in [2.45, 2.75) is 131 Å². The molecule has 0 saturated heterocycles. The number of aromatic nitrogens is 19. The van der Waals surface area contributed by atoms with Crippen molar-refractivity contribution < 1.29 is 0 Å². The third-order valence-electron chi connectivity index (χ3n) is 24.5. The second-order valence-electron chi connectivity index (χ2n) is 41.1. The maximum Gasteiger partial charge on any atom is 0.165 e. The monoisotopic (exact) mass is 1930 g/mol. The summed E-state index contributed by atoms with van der Waals surface area (Å²) in [5.74, 6) is 10.6. The van der Waals surface area contributed by atoms with Crippen LogP contribution in [0.5, 0.6) is 0 Å². The fourth-order valence-corrected chi connectivity index (χ4v) is 16.4. The summed E-state index contributed by atoms with van der Waals surface area (Å²) in [6, 6.07) is 128. The van der Waals surface area contributed by atoms with Gasteiger partial charge in [-0.15, -0.1) is 0 Å². The summed E-state index contributed by atoms with van der Waals surface area (Å²) in [5, 5.41) is 4.74. The highest BCUT2D eigenvalue weighted by atomic mass is 15.1. The topological polar surface area (TPSA) is 245 Å². The fraction of sp³-hybridized carbons (Fsp3) is 0.155. The summed E-state index contributed by atoms with van der Waals surface area (Å²) in [6.45, 7) is 31.8. The van der Waals surface area contributed by atoms with Crippen LogP contribution in [0.4, 0.5) is 0 Å². The third-order valence-corrected chi connectivity index (χ3v) is 24.5. The van der Waals surface area contributed by atoms with Crippen molar-refractivity contribution in [1.82, 2.24) is 94.7 Å². The van der Waals surface area contributed by atoms with Crippen molar-refractivity contribution in [3.8, 4) is 170 Å². The molecule has 0 amide bonds. The minimum atomic E-state index is -0.210. The summed E-state index contributed by atoms with van der Waals surface area (Å²) in [6.07, 6.45) is 14.1. The van der Waals surface area contributed by atoms with Crippen molar-refractivity contribution in [3.05, 3.63) is 455 Å². The van der Waals surface area contributed by atoms with Crippen LogP contribution in [0.1, 0.15) is 133 Å². The molecular weight excluding hydrogens is 1820 g/mol. The Morgan fingerprint density at radius 2 is 0.331 bits per heavy atom. The first kappa shape index (κ1) is 100. The second-order valence-corrected chi connectivity index (χ2v) is 41.1. The number of hydrogen-bond acceptors (Lipinski definition) is 19. The highest BCUT2D eigenvalue weighted by molar-refractivity contribution is 6.13. The predicted octanol–water partition coefficient (Wildman–Crippen LogP) is 30.7. The van der Waals surface area contributed by atoms with Gasteiger partial charge in [-0.25, -0.2) is 74.8 Å². The van der Waals surface area contributed by atoms with E-state index in [1.54, 1.807) is 49.6 Å². The van der Waals surface area contributed by atoms with Gasteiger partial charge in [0, 0.05) is 132 Å². The number of hydrogen-bond donors (Lipinski definition) is 0. The molecule has 0 radical (unpaired) electrons. The van der Waals surface area contributed by atoms with E-state index in [2.05, 4.69) is 418 Å². The van der Waals surface area contributed by atoms with E-state index in [1.807, 2.05) is 97.1 Å². The first-order valence-electron chi connectivity index (χ1n) is 49.6. The van der Waals surface area contributed by atoms with Gasteiger partial charge in [-0.05, 0) is 132 Å². The molecule has 0 saturated carbocycles. The lowest BCUT2D eigenvalue weighted by molar-refractivity contribution is 0.543. The van der Waals surface area contributed by atoms with Gasteiger partial charge >= 0.3 is 0 Å². The average Bonchev–Trinajstić information content (AvgIpc) is 0.747. The minimum Gasteiger partial charge on any atom is -0.264 e.